The van der Waals surface area contributed by atoms with E-state index in [4.69, 9.17) is 5.73 Å². The Kier molecular flexibility index (Phi) is 1.85. The molecule has 0 amide bonds. The molecule has 0 fully saturated rings. The van der Waals surface area contributed by atoms with Gasteiger partial charge in [-0.25, -0.2) is 8.78 Å². The molecule has 0 atom stereocenters. The predicted octanol–water partition coefficient (Wildman–Crippen LogP) is 0.00910. The van der Waals surface area contributed by atoms with Gasteiger partial charge in [-0.3, -0.25) is 4.99 Å². The zero-order valence-corrected chi connectivity index (χ0v) is 5.31. The topological polar surface area (TPSA) is 47.6 Å². The first-order valence-electron chi connectivity index (χ1n) is 2.84. The van der Waals surface area contributed by atoms with Crippen LogP contribution in [-0.2, 0) is 4.74 Å². The van der Waals surface area contributed by atoms with Crippen LogP contribution in [0.5, 0.6) is 0 Å². The summed E-state index contributed by atoms with van der Waals surface area (Å²) in [5, 5.41) is 0. The smallest absolute Gasteiger partial charge is 0.290 e. The van der Waals surface area contributed by atoms with Gasteiger partial charge in [0.15, 0.2) is 0 Å². The molecule has 1 aliphatic rings. The summed E-state index contributed by atoms with van der Waals surface area (Å²) in [6.45, 7) is -1.13. The van der Waals surface area contributed by atoms with Crippen LogP contribution >= 0.6 is 0 Å². The van der Waals surface area contributed by atoms with Gasteiger partial charge in [-0.15, -0.1) is 0 Å². The molecule has 0 aliphatic carbocycles. The van der Waals surface area contributed by atoms with Gasteiger partial charge in [0.2, 0.25) is 0 Å². The van der Waals surface area contributed by atoms with Crippen molar-refractivity contribution in [1.29, 1.82) is 0 Å². The molecule has 0 bridgehead atoms. The van der Waals surface area contributed by atoms with E-state index in [0.29, 0.717) is 0 Å². The summed E-state index contributed by atoms with van der Waals surface area (Å²) < 4.78 is 29.2. The Morgan fingerprint density at radius 2 is 2.30 bits per heavy atom. The molecule has 1 aliphatic heterocycles. The second kappa shape index (κ2) is 2.49. The second-order valence-corrected chi connectivity index (χ2v) is 2.16. The number of hydrogen-bond donors (Lipinski definition) is 1. The second-order valence-electron chi connectivity index (χ2n) is 2.16. The highest BCUT2D eigenvalue weighted by atomic mass is 19.3. The van der Waals surface area contributed by atoms with Gasteiger partial charge < -0.3 is 10.5 Å². The van der Waals surface area contributed by atoms with Crippen molar-refractivity contribution in [2.24, 2.45) is 10.7 Å². The molecule has 5 heteroatoms. The van der Waals surface area contributed by atoms with Crippen LogP contribution in [0.15, 0.2) is 4.99 Å². The van der Waals surface area contributed by atoms with Gasteiger partial charge in [0.25, 0.3) is 5.92 Å². The lowest BCUT2D eigenvalue weighted by Crippen LogP contribution is -2.25. The van der Waals surface area contributed by atoms with Crippen molar-refractivity contribution in [2.75, 3.05) is 19.8 Å². The third kappa shape index (κ3) is 1.91. The van der Waals surface area contributed by atoms with Crippen LogP contribution in [-0.4, -0.2) is 31.5 Å². The van der Waals surface area contributed by atoms with Crippen molar-refractivity contribution in [1.82, 2.24) is 0 Å². The molecule has 0 saturated heterocycles. The van der Waals surface area contributed by atoms with Crippen LogP contribution in [0.2, 0.25) is 0 Å². The van der Waals surface area contributed by atoms with Crippen molar-refractivity contribution in [3.05, 3.63) is 0 Å². The summed E-state index contributed by atoms with van der Waals surface area (Å²) in [4.78, 5) is 3.40. The first kappa shape index (κ1) is 7.40. The number of ether oxygens (including phenoxy) is 1. The van der Waals surface area contributed by atoms with E-state index in [0.717, 1.165) is 0 Å². The molecule has 0 unspecified atom stereocenters. The van der Waals surface area contributed by atoms with E-state index < -0.39 is 19.1 Å². The molecule has 0 aromatic rings. The Morgan fingerprint density at radius 1 is 1.60 bits per heavy atom. The van der Waals surface area contributed by atoms with E-state index in [1.54, 1.807) is 0 Å². The molecule has 0 radical (unpaired) electrons. The first-order chi connectivity index (χ1) is 4.60. The Labute approximate surface area is 56.9 Å². The standard InChI is InChI=1S/C5H8F2N2O/c6-5(7)2-9-4(8)1-10-3-5/h1-3H2,(H2,8,9). The quantitative estimate of drug-likeness (QED) is 0.528. The van der Waals surface area contributed by atoms with Gasteiger partial charge in [0.05, 0.1) is 0 Å². The zero-order valence-electron chi connectivity index (χ0n) is 5.31. The lowest BCUT2D eigenvalue weighted by Gasteiger charge is -2.09. The number of alkyl halides is 2. The van der Waals surface area contributed by atoms with Gasteiger partial charge in [0, 0.05) is 0 Å². The summed E-state index contributed by atoms with van der Waals surface area (Å²) in [5.41, 5.74) is 5.15. The highest BCUT2D eigenvalue weighted by Crippen LogP contribution is 2.15. The van der Waals surface area contributed by atoms with E-state index >= 15 is 0 Å². The monoisotopic (exact) mass is 150 g/mol. The number of hydrogen-bond acceptors (Lipinski definition) is 3. The lowest BCUT2D eigenvalue weighted by atomic mass is 10.4. The minimum atomic E-state index is -2.85. The lowest BCUT2D eigenvalue weighted by molar-refractivity contribution is -0.0565. The van der Waals surface area contributed by atoms with Crippen LogP contribution in [0.3, 0.4) is 0 Å². The van der Waals surface area contributed by atoms with Crippen LogP contribution < -0.4 is 5.73 Å². The van der Waals surface area contributed by atoms with Crippen LogP contribution in [0.25, 0.3) is 0 Å². The molecule has 10 heavy (non-hydrogen) atoms. The average Bonchev–Trinajstić information content (AvgIpc) is 1.94. The van der Waals surface area contributed by atoms with Gasteiger partial charge >= 0.3 is 0 Å². The molecular weight excluding hydrogens is 142 g/mol. The van der Waals surface area contributed by atoms with Crippen LogP contribution in [0.1, 0.15) is 0 Å². The molecule has 0 saturated carbocycles. The molecule has 1 rings (SSSR count). The number of nitrogens with zero attached hydrogens (tertiary/aromatic N) is 1. The minimum absolute atomic E-state index is 0.00951. The van der Waals surface area contributed by atoms with Crippen LogP contribution in [0.4, 0.5) is 8.78 Å². The van der Waals surface area contributed by atoms with E-state index in [1.165, 1.54) is 0 Å². The Balaban J connectivity index is 2.57. The van der Waals surface area contributed by atoms with Gasteiger partial charge in [0.1, 0.15) is 25.6 Å². The fourth-order valence-electron chi connectivity index (χ4n) is 0.613. The molecule has 0 aromatic heterocycles. The summed E-state index contributed by atoms with van der Waals surface area (Å²) >= 11 is 0. The number of nitrogens with two attached hydrogens (primary N) is 1. The number of aliphatic imine (C=N–C) groups is 1. The summed E-state index contributed by atoms with van der Waals surface area (Å²) in [5.74, 6) is -2.71. The third-order valence-corrected chi connectivity index (χ3v) is 1.08. The largest absolute Gasteiger partial charge is 0.386 e. The molecular formula is C5H8F2N2O. The van der Waals surface area contributed by atoms with E-state index in [2.05, 4.69) is 9.73 Å². The number of rotatable bonds is 0. The zero-order chi connectivity index (χ0) is 7.61. The summed E-state index contributed by atoms with van der Waals surface area (Å²) in [6, 6.07) is 0. The first-order valence-corrected chi connectivity index (χ1v) is 2.84. The molecule has 2 N–H and O–H groups in total. The Bertz CT molecular complexity index is 158. The molecule has 1 heterocycles. The van der Waals surface area contributed by atoms with Crippen molar-refractivity contribution < 1.29 is 13.5 Å². The maximum absolute atomic E-state index is 12.4. The number of amidine groups is 1. The maximum Gasteiger partial charge on any atom is 0.290 e. The van der Waals surface area contributed by atoms with Gasteiger partial charge in [-0.2, -0.15) is 0 Å². The highest BCUT2D eigenvalue weighted by Gasteiger charge is 2.30. The normalized spacial score (nSPS) is 25.2. The van der Waals surface area contributed by atoms with Crippen molar-refractivity contribution in [2.45, 2.75) is 5.92 Å². The van der Waals surface area contributed by atoms with Crippen molar-refractivity contribution in [3.63, 3.8) is 0 Å². The third-order valence-electron chi connectivity index (χ3n) is 1.08. The maximum atomic E-state index is 12.4. The molecule has 3 nitrogen and oxygen atoms in total. The van der Waals surface area contributed by atoms with Crippen LogP contribution in [0, 0.1) is 0 Å². The van der Waals surface area contributed by atoms with E-state index in [-0.39, 0.29) is 12.4 Å². The van der Waals surface area contributed by atoms with Crippen molar-refractivity contribution in [3.8, 4) is 0 Å². The summed E-state index contributed by atoms with van der Waals surface area (Å²) in [7, 11) is 0. The minimum Gasteiger partial charge on any atom is -0.386 e. The van der Waals surface area contributed by atoms with Crippen molar-refractivity contribution >= 4 is 5.84 Å². The highest BCUT2D eigenvalue weighted by molar-refractivity contribution is 5.81. The Morgan fingerprint density at radius 3 is 3.00 bits per heavy atom. The van der Waals surface area contributed by atoms with E-state index in [1.807, 2.05) is 0 Å². The van der Waals surface area contributed by atoms with E-state index in [9.17, 15) is 8.78 Å². The number of halogens is 2. The fourth-order valence-corrected chi connectivity index (χ4v) is 0.613. The van der Waals surface area contributed by atoms with Gasteiger partial charge in [-0.05, 0) is 0 Å². The fraction of sp³-hybridized carbons (Fsp3) is 0.800. The SMILES string of the molecule is NC1=NCC(F)(F)COC1. The molecule has 58 valence electrons. The average molecular weight is 150 g/mol. The Hall–Kier alpha value is -0.710. The molecule has 0 aromatic carbocycles. The summed E-state index contributed by atoms with van der Waals surface area (Å²) in [6.07, 6.45) is 0. The molecule has 0 spiro atoms. The van der Waals surface area contributed by atoms with Gasteiger partial charge in [-0.1, -0.05) is 0 Å². The predicted molar refractivity (Wildman–Crippen MR) is 32.3 cm³/mol.